The van der Waals surface area contributed by atoms with Gasteiger partial charge in [-0.1, -0.05) is 12.5 Å². The maximum atomic E-state index is 13.1. The van der Waals surface area contributed by atoms with Crippen LogP contribution in [0.25, 0.3) is 0 Å². The van der Waals surface area contributed by atoms with Gasteiger partial charge in [-0.25, -0.2) is 4.79 Å². The van der Waals surface area contributed by atoms with Gasteiger partial charge in [0.1, 0.15) is 24.4 Å². The third-order valence-corrected chi connectivity index (χ3v) is 9.36. The molecule has 40 heavy (non-hydrogen) atoms. The lowest BCUT2D eigenvalue weighted by molar-refractivity contribution is -0.228. The van der Waals surface area contributed by atoms with Gasteiger partial charge < -0.3 is 33.2 Å². The van der Waals surface area contributed by atoms with E-state index in [-0.39, 0.29) is 12.8 Å². The van der Waals surface area contributed by atoms with Crippen molar-refractivity contribution in [2.45, 2.75) is 122 Å². The van der Waals surface area contributed by atoms with Gasteiger partial charge in [0.15, 0.2) is 17.3 Å². The molecule has 4 fully saturated rings. The number of fused-ring (bicyclic) bond motifs is 3. The Morgan fingerprint density at radius 2 is 1.45 bits per heavy atom. The van der Waals surface area contributed by atoms with Gasteiger partial charge in [0.05, 0.1) is 17.1 Å². The normalized spacial score (nSPS) is 47.9. The number of ether oxygens (including phenoxy) is 7. The predicted octanol–water partition coefficient (Wildman–Crippen LogP) is 1.70. The van der Waals surface area contributed by atoms with Crippen LogP contribution in [0.4, 0.5) is 0 Å². The molecule has 11 atom stereocenters. The highest BCUT2D eigenvalue weighted by Gasteiger charge is 2.89. The average molecular weight is 565 g/mol. The van der Waals surface area contributed by atoms with E-state index in [4.69, 9.17) is 33.2 Å². The molecule has 0 aromatic carbocycles. The second-order valence-corrected chi connectivity index (χ2v) is 12.1. The first-order chi connectivity index (χ1) is 18.5. The molecule has 0 radical (unpaired) electrons. The van der Waals surface area contributed by atoms with Crippen LogP contribution in [0.15, 0.2) is 11.6 Å². The quantitative estimate of drug-likeness (QED) is 0.211. The van der Waals surface area contributed by atoms with Gasteiger partial charge in [-0.05, 0) is 26.8 Å². The maximum absolute atomic E-state index is 13.1. The fourth-order valence-electron chi connectivity index (χ4n) is 7.70. The topological polar surface area (TPSA) is 157 Å². The Bertz CT molecular complexity index is 1210. The van der Waals surface area contributed by atoms with Crippen molar-refractivity contribution < 1.29 is 57.1 Å². The van der Waals surface area contributed by atoms with E-state index in [1.54, 1.807) is 26.8 Å². The molecule has 3 aliphatic heterocycles. The molecule has 0 bridgehead atoms. The summed E-state index contributed by atoms with van der Waals surface area (Å²) in [6.45, 7) is 11.9. The third kappa shape index (κ3) is 3.97. The lowest BCUT2D eigenvalue weighted by atomic mass is 9.53. The molecule has 1 spiro atoms. The van der Waals surface area contributed by atoms with E-state index in [2.05, 4.69) is 0 Å². The highest BCUT2D eigenvalue weighted by molar-refractivity contribution is 5.89. The van der Waals surface area contributed by atoms with Crippen molar-refractivity contribution in [1.82, 2.24) is 0 Å². The number of hydrogen-bond donors (Lipinski definition) is 0. The van der Waals surface area contributed by atoms with Gasteiger partial charge in [0.25, 0.3) is 0 Å². The van der Waals surface area contributed by atoms with E-state index in [0.29, 0.717) is 5.57 Å². The van der Waals surface area contributed by atoms with E-state index < -0.39 is 94.6 Å². The van der Waals surface area contributed by atoms with E-state index in [9.17, 15) is 24.0 Å². The molecule has 3 saturated heterocycles. The van der Waals surface area contributed by atoms with Crippen molar-refractivity contribution in [3.63, 3.8) is 0 Å². The lowest BCUT2D eigenvalue weighted by Gasteiger charge is -2.54. The molecule has 220 valence electrons. The van der Waals surface area contributed by atoms with E-state index in [0.717, 1.165) is 0 Å². The minimum Gasteiger partial charge on any atom is -0.462 e. The van der Waals surface area contributed by atoms with Gasteiger partial charge in [-0.3, -0.25) is 19.2 Å². The number of carbonyl (C=O) groups is 5. The van der Waals surface area contributed by atoms with Crippen LogP contribution in [-0.4, -0.2) is 83.3 Å². The minimum absolute atomic E-state index is 0.104. The van der Waals surface area contributed by atoms with Crippen LogP contribution < -0.4 is 0 Å². The third-order valence-electron chi connectivity index (χ3n) is 9.36. The number of hydrogen-bond acceptors (Lipinski definition) is 12. The fourth-order valence-corrected chi connectivity index (χ4v) is 7.70. The smallest absolute Gasteiger partial charge is 0.342 e. The monoisotopic (exact) mass is 564 g/mol. The molecule has 0 N–H and O–H groups in total. The molecule has 0 amide bonds. The highest BCUT2D eigenvalue weighted by atomic mass is 16.7. The summed E-state index contributed by atoms with van der Waals surface area (Å²) in [4.78, 5) is 63.2. The Morgan fingerprint density at radius 3 is 2.00 bits per heavy atom. The number of rotatable bonds is 4. The van der Waals surface area contributed by atoms with E-state index in [1.807, 2.05) is 6.92 Å². The van der Waals surface area contributed by atoms with Crippen LogP contribution >= 0.6 is 0 Å². The molecule has 12 heteroatoms. The van der Waals surface area contributed by atoms with Crippen molar-refractivity contribution in [2.75, 3.05) is 0 Å². The predicted molar refractivity (Wildman–Crippen MR) is 132 cm³/mol. The zero-order valence-corrected chi connectivity index (χ0v) is 23.9. The molecule has 0 aromatic rings. The summed E-state index contributed by atoms with van der Waals surface area (Å²) in [7, 11) is 0. The Balaban J connectivity index is 1.81. The molecular formula is C28H36O12. The molecule has 3 heterocycles. The van der Waals surface area contributed by atoms with Crippen LogP contribution in [0.5, 0.6) is 0 Å². The second kappa shape index (κ2) is 9.01. The number of carbonyl (C=O) groups excluding carboxylic acids is 5. The van der Waals surface area contributed by atoms with E-state index >= 15 is 0 Å². The molecular weight excluding hydrogens is 528 g/mol. The molecule has 1 saturated carbocycles. The van der Waals surface area contributed by atoms with Crippen LogP contribution in [-0.2, 0) is 57.1 Å². The van der Waals surface area contributed by atoms with E-state index in [1.165, 1.54) is 27.7 Å². The molecule has 2 aliphatic carbocycles. The molecule has 5 rings (SSSR count). The largest absolute Gasteiger partial charge is 0.462 e. The Kier molecular flexibility index (Phi) is 6.42. The first-order valence-electron chi connectivity index (χ1n) is 13.5. The highest BCUT2D eigenvalue weighted by Crippen LogP contribution is 2.69. The minimum atomic E-state index is -1.43. The van der Waals surface area contributed by atoms with Crippen molar-refractivity contribution in [2.24, 2.45) is 11.3 Å². The second-order valence-electron chi connectivity index (χ2n) is 12.1. The summed E-state index contributed by atoms with van der Waals surface area (Å²) < 4.78 is 41.9. The summed E-state index contributed by atoms with van der Waals surface area (Å²) >= 11 is 0. The van der Waals surface area contributed by atoms with Crippen LogP contribution in [0, 0.1) is 11.3 Å². The zero-order chi connectivity index (χ0) is 29.6. The van der Waals surface area contributed by atoms with Gasteiger partial charge in [0.2, 0.25) is 0 Å². The first kappa shape index (κ1) is 28.5. The standard InChI is InChI=1S/C28H36O12/c1-12-9-17(34-13(2)29)22(36-15(4)31)25(6)18(35-14(3)30)11-19-26(7,39-19)21(25)23(37-16(5)32)28-20(10-12)38-24(33)27(28,8)40-28/h10,17-23H,9,11H2,1-8H3/b12-10-/t17-,18-,19-,20-,21+,22-,23-,25-,26-,27+,28-/m0/s1. The Hall–Kier alpha value is -2.99. The van der Waals surface area contributed by atoms with Crippen molar-refractivity contribution in [3.05, 3.63) is 11.6 Å². The van der Waals surface area contributed by atoms with Crippen molar-refractivity contribution in [1.29, 1.82) is 0 Å². The summed E-state index contributed by atoms with van der Waals surface area (Å²) in [6.07, 6.45) is -3.61. The van der Waals surface area contributed by atoms with Crippen molar-refractivity contribution in [3.8, 4) is 0 Å². The van der Waals surface area contributed by atoms with Crippen LogP contribution in [0.1, 0.15) is 68.2 Å². The summed E-state index contributed by atoms with van der Waals surface area (Å²) in [5, 5.41) is 0. The first-order valence-corrected chi connectivity index (χ1v) is 13.5. The van der Waals surface area contributed by atoms with Gasteiger partial charge in [-0.2, -0.15) is 0 Å². The van der Waals surface area contributed by atoms with Crippen LogP contribution in [0.2, 0.25) is 0 Å². The summed E-state index contributed by atoms with van der Waals surface area (Å²) in [5.41, 5.74) is -4.56. The lowest BCUT2D eigenvalue weighted by Crippen LogP contribution is -2.68. The molecule has 12 nitrogen and oxygen atoms in total. The number of esters is 5. The summed E-state index contributed by atoms with van der Waals surface area (Å²) in [5.74, 6) is -3.99. The number of epoxide rings is 2. The summed E-state index contributed by atoms with van der Waals surface area (Å²) in [6, 6.07) is 0. The fraction of sp³-hybridized carbons (Fsp3) is 0.750. The average Bonchev–Trinajstić information content (AvgIpc) is 3.64. The molecule has 5 aliphatic rings. The van der Waals surface area contributed by atoms with Gasteiger partial charge in [0, 0.05) is 46.5 Å². The Morgan fingerprint density at radius 1 is 0.875 bits per heavy atom. The van der Waals surface area contributed by atoms with Crippen molar-refractivity contribution >= 4 is 29.8 Å². The SMILES string of the molecule is CC(=O)O[C@H]1C/C(C)=C\[C@@H]2OC(=O)[C@@]3(C)O[C@]23[C@@H](OC(C)=O)[C@H]2[C@@]3(C)O[C@H]3C[C@H](OC(C)=O)[C@]2(C)[C@H]1OC(C)=O. The Labute approximate surface area is 231 Å². The van der Waals surface area contributed by atoms with Gasteiger partial charge >= 0.3 is 29.8 Å². The van der Waals surface area contributed by atoms with Crippen LogP contribution in [0.3, 0.4) is 0 Å². The molecule has 0 aromatic heterocycles. The zero-order valence-electron chi connectivity index (χ0n) is 23.9. The molecule has 0 unspecified atom stereocenters. The maximum Gasteiger partial charge on any atom is 0.342 e. The van der Waals surface area contributed by atoms with Gasteiger partial charge in [-0.15, -0.1) is 0 Å².